The van der Waals surface area contributed by atoms with Crippen molar-refractivity contribution in [3.63, 3.8) is 0 Å². The van der Waals surface area contributed by atoms with Crippen molar-refractivity contribution in [3.8, 4) is 11.5 Å². The summed E-state index contributed by atoms with van der Waals surface area (Å²) in [5.41, 5.74) is 2.18. The molecule has 2 aromatic carbocycles. The molecule has 0 fully saturated rings. The summed E-state index contributed by atoms with van der Waals surface area (Å²) >= 11 is 1.56. The molecule has 0 aliphatic heterocycles. The summed E-state index contributed by atoms with van der Waals surface area (Å²) in [4.78, 5) is 13.4. The molecule has 26 heavy (non-hydrogen) atoms. The van der Waals surface area contributed by atoms with Crippen LogP contribution in [0.5, 0.6) is 11.5 Å². The molecule has 2 aromatic rings. The summed E-state index contributed by atoms with van der Waals surface area (Å²) in [6.07, 6.45) is 0. The fourth-order valence-corrected chi connectivity index (χ4v) is 3.41. The van der Waals surface area contributed by atoms with Crippen molar-refractivity contribution >= 4 is 17.7 Å². The molecule has 0 radical (unpaired) electrons. The van der Waals surface area contributed by atoms with E-state index in [0.717, 1.165) is 16.2 Å². The maximum absolute atomic E-state index is 12.3. The molecule has 4 nitrogen and oxygen atoms in total. The Morgan fingerprint density at radius 3 is 2.46 bits per heavy atom. The second kappa shape index (κ2) is 10.1. The first-order valence-electron chi connectivity index (χ1n) is 8.92. The van der Waals surface area contributed by atoms with Gasteiger partial charge in [-0.1, -0.05) is 24.3 Å². The smallest absolute Gasteiger partial charge is 0.230 e. The first-order valence-corrected chi connectivity index (χ1v) is 9.91. The highest BCUT2D eigenvalue weighted by Crippen LogP contribution is 2.31. The summed E-state index contributed by atoms with van der Waals surface area (Å²) in [6, 6.07) is 13.8. The van der Waals surface area contributed by atoms with Crippen molar-refractivity contribution in [2.75, 3.05) is 19.0 Å². The zero-order chi connectivity index (χ0) is 18.9. The fraction of sp³-hybridized carbons (Fsp3) is 0.381. The molecule has 0 saturated heterocycles. The van der Waals surface area contributed by atoms with Crippen LogP contribution in [0.4, 0.5) is 0 Å². The average molecular weight is 374 g/mol. The van der Waals surface area contributed by atoms with E-state index in [1.807, 2.05) is 57.2 Å². The van der Waals surface area contributed by atoms with Gasteiger partial charge in [-0.3, -0.25) is 4.79 Å². The normalized spacial score (nSPS) is 11.7. The predicted octanol–water partition coefficient (Wildman–Crippen LogP) is 4.76. The van der Waals surface area contributed by atoms with E-state index in [1.165, 1.54) is 5.56 Å². The molecule has 1 amide bonds. The van der Waals surface area contributed by atoms with Crippen LogP contribution in [0.2, 0.25) is 0 Å². The molecule has 0 bridgehead atoms. The lowest BCUT2D eigenvalue weighted by Gasteiger charge is -2.17. The number of carbonyl (C=O) groups is 1. The van der Waals surface area contributed by atoms with Crippen LogP contribution in [-0.4, -0.2) is 24.9 Å². The van der Waals surface area contributed by atoms with E-state index in [9.17, 15) is 4.79 Å². The minimum Gasteiger partial charge on any atom is -0.490 e. The van der Waals surface area contributed by atoms with Gasteiger partial charge in [0, 0.05) is 4.90 Å². The van der Waals surface area contributed by atoms with E-state index < -0.39 is 0 Å². The molecule has 1 N–H and O–H groups in total. The lowest BCUT2D eigenvalue weighted by molar-refractivity contribution is -0.119. The highest BCUT2D eigenvalue weighted by molar-refractivity contribution is 8.00. The number of benzene rings is 2. The van der Waals surface area contributed by atoms with E-state index >= 15 is 0 Å². The van der Waals surface area contributed by atoms with Gasteiger partial charge in [0.15, 0.2) is 11.5 Å². The number of hydrogen-bond donors (Lipinski definition) is 1. The van der Waals surface area contributed by atoms with Crippen LogP contribution in [0.3, 0.4) is 0 Å². The summed E-state index contributed by atoms with van der Waals surface area (Å²) in [6.45, 7) is 9.06. The number of thioether (sulfide) groups is 1. The van der Waals surface area contributed by atoms with Gasteiger partial charge in [0.25, 0.3) is 0 Å². The molecule has 140 valence electrons. The largest absolute Gasteiger partial charge is 0.490 e. The topological polar surface area (TPSA) is 47.6 Å². The molecular weight excluding hydrogens is 346 g/mol. The van der Waals surface area contributed by atoms with Gasteiger partial charge >= 0.3 is 0 Å². The third-order valence-electron chi connectivity index (χ3n) is 3.90. The van der Waals surface area contributed by atoms with Crippen molar-refractivity contribution < 1.29 is 14.3 Å². The van der Waals surface area contributed by atoms with Crippen LogP contribution in [0.15, 0.2) is 47.4 Å². The Kier molecular flexibility index (Phi) is 7.85. The Bertz CT molecular complexity index is 733. The highest BCUT2D eigenvalue weighted by Gasteiger charge is 2.14. The Morgan fingerprint density at radius 2 is 1.77 bits per heavy atom. The number of carbonyl (C=O) groups excluding carboxylic acids is 1. The minimum atomic E-state index is -0.102. The number of ether oxygens (including phenoxy) is 2. The average Bonchev–Trinajstić information content (AvgIpc) is 2.63. The van der Waals surface area contributed by atoms with Crippen molar-refractivity contribution in [1.82, 2.24) is 5.32 Å². The van der Waals surface area contributed by atoms with Crippen molar-refractivity contribution in [2.24, 2.45) is 0 Å². The van der Waals surface area contributed by atoms with Crippen molar-refractivity contribution in [3.05, 3.63) is 53.6 Å². The molecule has 2 rings (SSSR count). The Morgan fingerprint density at radius 1 is 1.08 bits per heavy atom. The second-order valence-electron chi connectivity index (χ2n) is 5.92. The van der Waals surface area contributed by atoms with E-state index in [1.54, 1.807) is 11.8 Å². The lowest BCUT2D eigenvalue weighted by atomic mass is 10.1. The summed E-state index contributed by atoms with van der Waals surface area (Å²) in [5.74, 6) is 1.84. The summed E-state index contributed by atoms with van der Waals surface area (Å²) in [7, 11) is 0. The van der Waals surface area contributed by atoms with Crippen LogP contribution in [0.25, 0.3) is 0 Å². The van der Waals surface area contributed by atoms with Crippen molar-refractivity contribution in [2.45, 2.75) is 38.6 Å². The number of hydrogen-bond acceptors (Lipinski definition) is 4. The maximum Gasteiger partial charge on any atom is 0.230 e. The number of amides is 1. The molecule has 1 unspecified atom stereocenters. The Hall–Kier alpha value is -2.14. The first-order chi connectivity index (χ1) is 12.5. The van der Waals surface area contributed by atoms with E-state index in [2.05, 4.69) is 18.3 Å². The van der Waals surface area contributed by atoms with Crippen LogP contribution in [0, 0.1) is 6.92 Å². The number of aryl methyl sites for hydroxylation is 1. The monoisotopic (exact) mass is 373 g/mol. The van der Waals surface area contributed by atoms with Crippen molar-refractivity contribution in [1.29, 1.82) is 0 Å². The number of nitrogens with one attached hydrogen (secondary N) is 1. The van der Waals surface area contributed by atoms with Gasteiger partial charge in [-0.25, -0.2) is 0 Å². The van der Waals surface area contributed by atoms with Gasteiger partial charge in [0.05, 0.1) is 25.0 Å². The van der Waals surface area contributed by atoms with E-state index in [0.29, 0.717) is 24.7 Å². The van der Waals surface area contributed by atoms with E-state index in [4.69, 9.17) is 9.47 Å². The molecule has 5 heteroatoms. The molecular formula is C21H27NO3S. The van der Waals surface area contributed by atoms with Gasteiger partial charge in [-0.15, -0.1) is 11.8 Å². The van der Waals surface area contributed by atoms with Crippen LogP contribution >= 0.6 is 11.8 Å². The Balaban J connectivity index is 1.97. The van der Waals surface area contributed by atoms with Crippen LogP contribution < -0.4 is 14.8 Å². The van der Waals surface area contributed by atoms with Gasteiger partial charge in [-0.05, 0) is 57.0 Å². The highest BCUT2D eigenvalue weighted by atomic mass is 32.2. The lowest BCUT2D eigenvalue weighted by Crippen LogP contribution is -2.28. The quantitative estimate of drug-likeness (QED) is 0.644. The predicted molar refractivity (Wildman–Crippen MR) is 107 cm³/mol. The zero-order valence-electron chi connectivity index (χ0n) is 15.9. The second-order valence-corrected chi connectivity index (χ2v) is 6.93. The standard InChI is InChI=1S/C21H27NO3S/c1-5-24-18-12-11-17(13-19(18)25-6-2)16(4)22-21(23)14-26-20-10-8-7-9-15(20)3/h7-13,16H,5-6,14H2,1-4H3,(H,22,23). The molecule has 0 aromatic heterocycles. The zero-order valence-corrected chi connectivity index (χ0v) is 16.7. The SMILES string of the molecule is CCOc1ccc(C(C)NC(=O)CSc2ccccc2C)cc1OCC. The van der Waals surface area contributed by atoms with E-state index in [-0.39, 0.29) is 11.9 Å². The van der Waals surface area contributed by atoms with Gasteiger partial charge in [0.1, 0.15) is 0 Å². The van der Waals surface area contributed by atoms with Crippen LogP contribution in [-0.2, 0) is 4.79 Å². The maximum atomic E-state index is 12.3. The fourth-order valence-electron chi connectivity index (χ4n) is 2.57. The summed E-state index contributed by atoms with van der Waals surface area (Å²) < 4.78 is 11.3. The molecule has 0 heterocycles. The number of rotatable bonds is 9. The molecule has 0 aliphatic carbocycles. The van der Waals surface area contributed by atoms with Gasteiger partial charge in [-0.2, -0.15) is 0 Å². The third-order valence-corrected chi connectivity index (χ3v) is 5.07. The molecule has 0 spiro atoms. The molecule has 1 atom stereocenters. The van der Waals surface area contributed by atoms with Gasteiger partial charge < -0.3 is 14.8 Å². The Labute approximate surface area is 160 Å². The third kappa shape index (κ3) is 5.70. The van der Waals surface area contributed by atoms with Gasteiger partial charge in [0.2, 0.25) is 5.91 Å². The summed E-state index contributed by atoms with van der Waals surface area (Å²) in [5, 5.41) is 3.05. The first kappa shape index (κ1) is 20.2. The minimum absolute atomic E-state index is 0.0117. The van der Waals surface area contributed by atoms with Crippen LogP contribution in [0.1, 0.15) is 37.9 Å². The molecule has 0 aliphatic rings. The molecule has 0 saturated carbocycles.